The van der Waals surface area contributed by atoms with Crippen LogP contribution in [0.5, 0.6) is 0 Å². The number of carboxylic acid groups (broad SMARTS) is 1. The minimum atomic E-state index is -1.04. The molecule has 4 aliphatic carbocycles. The smallest absolute Gasteiger partial charge is 0.329 e. The summed E-state index contributed by atoms with van der Waals surface area (Å²) in [6.45, 7) is -0.553. The Morgan fingerprint density at radius 3 is 2.05 bits per heavy atom. The summed E-state index contributed by atoms with van der Waals surface area (Å²) in [5.74, 6) is 1.15. The lowest BCUT2D eigenvalue weighted by atomic mass is 9.53. The highest BCUT2D eigenvalue weighted by molar-refractivity contribution is 5.78. The Balaban J connectivity index is 1.54. The second kappa shape index (κ2) is 4.78. The fraction of sp³-hybridized carbons (Fsp3) is 0.857. The predicted molar refractivity (Wildman–Crippen MR) is 67.5 cm³/mol. The summed E-state index contributed by atoms with van der Waals surface area (Å²) in [4.78, 5) is 22.2. The molecule has 2 N–H and O–H groups in total. The van der Waals surface area contributed by atoms with Crippen molar-refractivity contribution in [2.75, 3.05) is 13.2 Å². The molecular weight excluding hydrogens is 246 g/mol. The van der Waals surface area contributed by atoms with Crippen molar-refractivity contribution >= 4 is 11.9 Å². The van der Waals surface area contributed by atoms with Gasteiger partial charge in [0.2, 0.25) is 5.91 Å². The summed E-state index contributed by atoms with van der Waals surface area (Å²) < 4.78 is 4.86. The Morgan fingerprint density at radius 2 is 1.58 bits per heavy atom. The number of carbonyl (C=O) groups excluding carboxylic acids is 1. The molecule has 106 valence electrons. The van der Waals surface area contributed by atoms with Crippen LogP contribution in [0.2, 0.25) is 0 Å². The fourth-order valence-electron chi connectivity index (χ4n) is 4.83. The predicted octanol–water partition coefficient (Wildman–Crippen LogP) is 1.17. The van der Waals surface area contributed by atoms with Gasteiger partial charge in [0.15, 0.2) is 0 Å². The molecule has 4 fully saturated rings. The molecule has 0 spiro atoms. The van der Waals surface area contributed by atoms with E-state index >= 15 is 0 Å². The molecule has 5 nitrogen and oxygen atoms in total. The number of aliphatic carboxylic acids is 1. The van der Waals surface area contributed by atoms with Gasteiger partial charge in [-0.15, -0.1) is 0 Å². The van der Waals surface area contributed by atoms with Crippen LogP contribution in [-0.4, -0.2) is 35.7 Å². The molecule has 0 aliphatic heterocycles. The van der Waals surface area contributed by atoms with Crippen molar-refractivity contribution in [1.29, 1.82) is 0 Å². The number of rotatable bonds is 5. The summed E-state index contributed by atoms with van der Waals surface area (Å²) in [7, 11) is 0. The maximum absolute atomic E-state index is 11.9. The van der Waals surface area contributed by atoms with Crippen molar-refractivity contribution in [3.05, 3.63) is 0 Å². The highest BCUT2D eigenvalue weighted by Crippen LogP contribution is 2.55. The number of carbonyl (C=O) groups is 2. The molecule has 0 aromatic carbocycles. The number of nitrogens with one attached hydrogen (secondary N) is 1. The number of hydrogen-bond acceptors (Lipinski definition) is 3. The Bertz CT molecular complexity index is 358. The van der Waals surface area contributed by atoms with E-state index < -0.39 is 12.6 Å². The van der Waals surface area contributed by atoms with Crippen LogP contribution in [0.15, 0.2) is 0 Å². The molecule has 0 unspecified atom stereocenters. The molecule has 4 rings (SSSR count). The van der Waals surface area contributed by atoms with Crippen molar-refractivity contribution in [2.24, 2.45) is 17.8 Å². The first-order valence-electron chi connectivity index (χ1n) is 7.15. The minimum Gasteiger partial charge on any atom is -0.480 e. The zero-order valence-electron chi connectivity index (χ0n) is 11.1. The van der Waals surface area contributed by atoms with Crippen LogP contribution in [0.4, 0.5) is 0 Å². The molecule has 4 saturated carbocycles. The topological polar surface area (TPSA) is 75.6 Å². The van der Waals surface area contributed by atoms with E-state index in [2.05, 4.69) is 5.32 Å². The number of amides is 1. The molecule has 19 heavy (non-hydrogen) atoms. The van der Waals surface area contributed by atoms with Crippen LogP contribution >= 0.6 is 0 Å². The van der Waals surface area contributed by atoms with Gasteiger partial charge in [-0.3, -0.25) is 4.79 Å². The third-order valence-electron chi connectivity index (χ3n) is 4.90. The van der Waals surface area contributed by atoms with Gasteiger partial charge in [-0.2, -0.15) is 0 Å². The summed E-state index contributed by atoms with van der Waals surface area (Å²) in [6, 6.07) is 0. The van der Waals surface area contributed by atoms with E-state index in [-0.39, 0.29) is 18.1 Å². The molecular formula is C14H21NO4. The average molecular weight is 267 g/mol. The average Bonchev–Trinajstić information content (AvgIpc) is 2.25. The Morgan fingerprint density at radius 1 is 1.05 bits per heavy atom. The van der Waals surface area contributed by atoms with Crippen molar-refractivity contribution in [1.82, 2.24) is 5.32 Å². The van der Waals surface area contributed by atoms with E-state index in [0.29, 0.717) is 0 Å². The zero-order valence-corrected chi connectivity index (χ0v) is 11.1. The molecule has 0 radical (unpaired) electrons. The second-order valence-electron chi connectivity index (χ2n) is 6.63. The van der Waals surface area contributed by atoms with Gasteiger partial charge >= 0.3 is 5.97 Å². The molecule has 4 aliphatic rings. The monoisotopic (exact) mass is 267 g/mol. The molecule has 1 amide bonds. The van der Waals surface area contributed by atoms with Crippen LogP contribution in [0, 0.1) is 17.8 Å². The Hall–Kier alpha value is -1.10. The molecule has 4 bridgehead atoms. The fourth-order valence-corrected chi connectivity index (χ4v) is 4.83. The maximum Gasteiger partial charge on any atom is 0.329 e. The van der Waals surface area contributed by atoms with Gasteiger partial charge in [0.05, 0.1) is 0 Å². The Labute approximate surface area is 112 Å². The van der Waals surface area contributed by atoms with Crippen LogP contribution in [0.25, 0.3) is 0 Å². The number of ether oxygens (including phenoxy) is 1. The van der Waals surface area contributed by atoms with E-state index in [1.165, 1.54) is 19.3 Å². The highest BCUT2D eigenvalue weighted by Gasteiger charge is 2.51. The first kappa shape index (κ1) is 12.9. The molecule has 0 aromatic heterocycles. The first-order valence-corrected chi connectivity index (χ1v) is 7.15. The van der Waals surface area contributed by atoms with Gasteiger partial charge in [-0.1, -0.05) is 0 Å². The first-order chi connectivity index (χ1) is 9.05. The zero-order chi connectivity index (χ0) is 13.5. The third-order valence-corrected chi connectivity index (χ3v) is 4.90. The summed E-state index contributed by atoms with van der Waals surface area (Å²) in [5.41, 5.74) is -0.0155. The molecule has 5 heteroatoms. The SMILES string of the molecule is O=C(O)COCC(=O)NC12CC3CC(CC(C3)C1)C2. The quantitative estimate of drug-likeness (QED) is 0.784. The van der Waals surface area contributed by atoms with Gasteiger partial charge in [-0.25, -0.2) is 4.79 Å². The van der Waals surface area contributed by atoms with E-state index in [1.807, 2.05) is 0 Å². The molecule has 0 atom stereocenters. The van der Waals surface area contributed by atoms with Crippen molar-refractivity contribution in [3.63, 3.8) is 0 Å². The highest BCUT2D eigenvalue weighted by atomic mass is 16.5. The van der Waals surface area contributed by atoms with Gasteiger partial charge in [0.25, 0.3) is 0 Å². The lowest BCUT2D eigenvalue weighted by molar-refractivity contribution is -0.144. The lowest BCUT2D eigenvalue weighted by Crippen LogP contribution is -2.60. The van der Waals surface area contributed by atoms with E-state index in [0.717, 1.165) is 37.0 Å². The third kappa shape index (κ3) is 2.76. The lowest BCUT2D eigenvalue weighted by Gasteiger charge is -2.56. The normalized spacial score (nSPS) is 39.3. The summed E-state index contributed by atoms with van der Waals surface area (Å²) in [6.07, 6.45) is 7.32. The summed E-state index contributed by atoms with van der Waals surface area (Å²) in [5, 5.41) is 11.6. The maximum atomic E-state index is 11.9. The van der Waals surface area contributed by atoms with Gasteiger partial charge in [-0.05, 0) is 56.3 Å². The van der Waals surface area contributed by atoms with Crippen LogP contribution < -0.4 is 5.32 Å². The number of carboxylic acids is 1. The molecule has 0 aromatic rings. The van der Waals surface area contributed by atoms with Gasteiger partial charge in [0, 0.05) is 5.54 Å². The van der Waals surface area contributed by atoms with Crippen molar-refractivity contribution in [2.45, 2.75) is 44.1 Å². The van der Waals surface area contributed by atoms with Gasteiger partial charge in [0.1, 0.15) is 13.2 Å². The van der Waals surface area contributed by atoms with E-state index in [9.17, 15) is 9.59 Å². The molecule has 0 saturated heterocycles. The van der Waals surface area contributed by atoms with E-state index in [1.54, 1.807) is 0 Å². The standard InChI is InChI=1S/C14H21NO4/c16-12(7-19-8-13(17)18)15-14-4-9-1-10(5-14)3-11(2-9)6-14/h9-11H,1-8H2,(H,15,16)(H,17,18). The van der Waals surface area contributed by atoms with Gasteiger partial charge < -0.3 is 15.2 Å². The minimum absolute atomic E-state index is 0.0155. The number of hydrogen-bond donors (Lipinski definition) is 2. The molecule has 0 heterocycles. The summed E-state index contributed by atoms with van der Waals surface area (Å²) >= 11 is 0. The van der Waals surface area contributed by atoms with Crippen molar-refractivity contribution < 1.29 is 19.4 Å². The van der Waals surface area contributed by atoms with Crippen LogP contribution in [-0.2, 0) is 14.3 Å². The van der Waals surface area contributed by atoms with Crippen molar-refractivity contribution in [3.8, 4) is 0 Å². The second-order valence-corrected chi connectivity index (χ2v) is 6.63. The Kier molecular flexibility index (Phi) is 3.25. The van der Waals surface area contributed by atoms with Crippen LogP contribution in [0.1, 0.15) is 38.5 Å². The van der Waals surface area contributed by atoms with E-state index in [4.69, 9.17) is 9.84 Å². The largest absolute Gasteiger partial charge is 0.480 e. The van der Waals surface area contributed by atoms with Crippen LogP contribution in [0.3, 0.4) is 0 Å².